The monoisotopic (exact) mass is 360 g/mol. The Morgan fingerprint density at radius 2 is 2.04 bits per heavy atom. The van der Waals surface area contributed by atoms with E-state index in [0.29, 0.717) is 18.7 Å². The number of hydrogen-bond acceptors (Lipinski definition) is 7. The molecule has 0 aliphatic carbocycles. The van der Waals surface area contributed by atoms with Gasteiger partial charge in [-0.2, -0.15) is 4.98 Å². The van der Waals surface area contributed by atoms with Crippen molar-refractivity contribution in [3.63, 3.8) is 0 Å². The average molecular weight is 360 g/mol. The van der Waals surface area contributed by atoms with Crippen LogP contribution < -0.4 is 10.5 Å². The first-order valence-corrected chi connectivity index (χ1v) is 9.22. The smallest absolute Gasteiger partial charge is 0.241 e. The summed E-state index contributed by atoms with van der Waals surface area (Å²) in [6, 6.07) is 8.09. The molecule has 3 N–H and O–H groups in total. The number of H-pyrrole nitrogens is 1. The molecule has 0 bridgehead atoms. The summed E-state index contributed by atoms with van der Waals surface area (Å²) in [6.45, 7) is 1.09. The van der Waals surface area contributed by atoms with E-state index in [0.717, 1.165) is 6.42 Å². The summed E-state index contributed by atoms with van der Waals surface area (Å²) in [4.78, 5) is 11.2. The van der Waals surface area contributed by atoms with Gasteiger partial charge in [0, 0.05) is 6.42 Å². The Morgan fingerprint density at radius 1 is 1.24 bits per heavy atom. The minimum Gasteiger partial charge on any atom is -0.470 e. The van der Waals surface area contributed by atoms with Gasteiger partial charge in [0.1, 0.15) is 34.2 Å². The summed E-state index contributed by atoms with van der Waals surface area (Å²) < 4.78 is 37.0. The lowest BCUT2D eigenvalue weighted by Crippen LogP contribution is -2.16. The first-order chi connectivity index (χ1) is 12.1. The van der Waals surface area contributed by atoms with Gasteiger partial charge in [-0.05, 0) is 12.1 Å². The van der Waals surface area contributed by atoms with E-state index in [9.17, 15) is 8.42 Å². The first-order valence-electron chi connectivity index (χ1n) is 7.74. The van der Waals surface area contributed by atoms with Gasteiger partial charge >= 0.3 is 0 Å². The van der Waals surface area contributed by atoms with Gasteiger partial charge in [-0.3, -0.25) is 0 Å². The van der Waals surface area contributed by atoms with Crippen LogP contribution in [-0.4, -0.2) is 42.7 Å². The lowest BCUT2D eigenvalue weighted by Gasteiger charge is -2.10. The van der Waals surface area contributed by atoms with Crippen LogP contribution >= 0.6 is 0 Å². The van der Waals surface area contributed by atoms with E-state index in [1.165, 1.54) is 18.5 Å². The Hall–Kier alpha value is -2.65. The van der Waals surface area contributed by atoms with Crippen molar-refractivity contribution in [2.45, 2.75) is 22.3 Å². The van der Waals surface area contributed by atoms with Crippen molar-refractivity contribution < 1.29 is 17.9 Å². The quantitative estimate of drug-likeness (QED) is 0.724. The number of nitrogens with two attached hydrogens (primary N) is 1. The van der Waals surface area contributed by atoms with E-state index < -0.39 is 9.84 Å². The summed E-state index contributed by atoms with van der Waals surface area (Å²) in [5.41, 5.74) is 6.55. The van der Waals surface area contributed by atoms with Crippen LogP contribution in [0, 0.1) is 0 Å². The summed E-state index contributed by atoms with van der Waals surface area (Å²) in [5.74, 6) is 0.272. The molecule has 4 rings (SSSR count). The molecule has 1 aromatic carbocycles. The Kier molecular flexibility index (Phi) is 3.81. The van der Waals surface area contributed by atoms with Crippen molar-refractivity contribution >= 4 is 26.7 Å². The highest BCUT2D eigenvalue weighted by atomic mass is 32.2. The fourth-order valence-electron chi connectivity index (χ4n) is 2.82. The third-order valence-corrected chi connectivity index (χ3v) is 5.86. The first kappa shape index (κ1) is 15.9. The zero-order valence-electron chi connectivity index (χ0n) is 13.2. The fourth-order valence-corrected chi connectivity index (χ4v) is 4.32. The molecule has 25 heavy (non-hydrogen) atoms. The zero-order valence-corrected chi connectivity index (χ0v) is 14.0. The highest BCUT2D eigenvalue weighted by Crippen LogP contribution is 2.35. The second-order valence-corrected chi connectivity index (χ2v) is 7.58. The van der Waals surface area contributed by atoms with Crippen LogP contribution in [0.4, 0.5) is 5.82 Å². The minimum absolute atomic E-state index is 0.00637. The van der Waals surface area contributed by atoms with E-state index in [2.05, 4.69) is 15.0 Å². The number of fused-ring (bicyclic) bond motifs is 1. The molecule has 3 aromatic rings. The predicted octanol–water partition coefficient (Wildman–Crippen LogP) is 1.54. The summed E-state index contributed by atoms with van der Waals surface area (Å²) in [5, 5.41) is 0. The van der Waals surface area contributed by atoms with Crippen LogP contribution in [-0.2, 0) is 14.6 Å². The Labute approximate surface area is 143 Å². The number of anilines is 1. The van der Waals surface area contributed by atoms with Crippen molar-refractivity contribution in [2.24, 2.45) is 0 Å². The van der Waals surface area contributed by atoms with Crippen LogP contribution in [0.25, 0.3) is 11.0 Å². The van der Waals surface area contributed by atoms with Crippen LogP contribution in [0.5, 0.6) is 5.88 Å². The van der Waals surface area contributed by atoms with E-state index >= 15 is 0 Å². The summed E-state index contributed by atoms with van der Waals surface area (Å²) in [6.07, 6.45) is 1.89. The zero-order chi connectivity index (χ0) is 17.4. The molecule has 130 valence electrons. The summed E-state index contributed by atoms with van der Waals surface area (Å²) in [7, 11) is -3.82. The Bertz CT molecular complexity index is 1010. The van der Waals surface area contributed by atoms with Gasteiger partial charge in [-0.15, -0.1) is 0 Å². The van der Waals surface area contributed by atoms with Gasteiger partial charge < -0.3 is 20.2 Å². The summed E-state index contributed by atoms with van der Waals surface area (Å²) >= 11 is 0. The largest absolute Gasteiger partial charge is 0.470 e. The SMILES string of the molecule is Nc1[nH]c2c(O[C@H]3CCOC3)ncnc2c1S(=O)(=O)c1ccccc1. The van der Waals surface area contributed by atoms with Gasteiger partial charge in [0.25, 0.3) is 0 Å². The Morgan fingerprint density at radius 3 is 2.76 bits per heavy atom. The maximum Gasteiger partial charge on any atom is 0.241 e. The predicted molar refractivity (Wildman–Crippen MR) is 90.0 cm³/mol. The van der Waals surface area contributed by atoms with Gasteiger partial charge in [-0.1, -0.05) is 18.2 Å². The van der Waals surface area contributed by atoms with E-state index in [-0.39, 0.29) is 33.1 Å². The molecule has 1 fully saturated rings. The molecule has 1 atom stereocenters. The van der Waals surface area contributed by atoms with Crippen LogP contribution in [0.15, 0.2) is 46.5 Å². The van der Waals surface area contributed by atoms with Crippen molar-refractivity contribution in [3.8, 4) is 5.88 Å². The number of nitrogen functional groups attached to an aromatic ring is 1. The molecular formula is C16H16N4O4S. The molecular weight excluding hydrogens is 344 g/mol. The van der Waals surface area contributed by atoms with Crippen LogP contribution in [0.1, 0.15) is 6.42 Å². The second-order valence-electron chi connectivity index (χ2n) is 5.69. The molecule has 1 aliphatic rings. The fraction of sp³-hybridized carbons (Fsp3) is 0.250. The van der Waals surface area contributed by atoms with Gasteiger partial charge in [0.15, 0.2) is 0 Å². The highest BCUT2D eigenvalue weighted by molar-refractivity contribution is 7.92. The third kappa shape index (κ3) is 2.71. The van der Waals surface area contributed by atoms with Crippen molar-refractivity contribution in [2.75, 3.05) is 18.9 Å². The molecule has 0 unspecified atom stereocenters. The number of nitrogens with one attached hydrogen (secondary N) is 1. The van der Waals surface area contributed by atoms with Crippen molar-refractivity contribution in [1.82, 2.24) is 15.0 Å². The number of nitrogens with zero attached hydrogens (tertiary/aromatic N) is 2. The van der Waals surface area contributed by atoms with Gasteiger partial charge in [0.05, 0.1) is 18.1 Å². The lowest BCUT2D eigenvalue weighted by atomic mass is 10.3. The van der Waals surface area contributed by atoms with Gasteiger partial charge in [0.2, 0.25) is 15.7 Å². The second kappa shape index (κ2) is 6.01. The Balaban J connectivity index is 1.84. The normalized spacial score (nSPS) is 17.8. The number of sulfone groups is 1. The third-order valence-electron chi connectivity index (χ3n) is 4.02. The van der Waals surface area contributed by atoms with Crippen molar-refractivity contribution in [1.29, 1.82) is 0 Å². The molecule has 1 aliphatic heterocycles. The molecule has 0 amide bonds. The molecule has 0 spiro atoms. The maximum absolute atomic E-state index is 13.0. The lowest BCUT2D eigenvalue weighted by molar-refractivity contribution is 0.139. The number of ether oxygens (including phenoxy) is 2. The van der Waals surface area contributed by atoms with E-state index in [4.69, 9.17) is 15.2 Å². The maximum atomic E-state index is 13.0. The van der Waals surface area contributed by atoms with E-state index in [1.807, 2.05) is 0 Å². The number of aromatic nitrogens is 3. The highest BCUT2D eigenvalue weighted by Gasteiger charge is 2.29. The van der Waals surface area contributed by atoms with Crippen LogP contribution in [0.3, 0.4) is 0 Å². The molecule has 2 aromatic heterocycles. The van der Waals surface area contributed by atoms with E-state index in [1.54, 1.807) is 18.2 Å². The molecule has 8 nitrogen and oxygen atoms in total. The molecule has 0 saturated carbocycles. The molecule has 3 heterocycles. The number of aromatic amines is 1. The number of hydrogen-bond donors (Lipinski definition) is 2. The van der Waals surface area contributed by atoms with Crippen LogP contribution in [0.2, 0.25) is 0 Å². The number of benzene rings is 1. The average Bonchev–Trinajstić information content (AvgIpc) is 3.23. The molecule has 0 radical (unpaired) electrons. The molecule has 1 saturated heterocycles. The standard InChI is InChI=1S/C16H16N4O4S/c17-15-14(25(21,22)11-4-2-1-3-5-11)12-13(20-15)16(19-9-18-12)24-10-6-7-23-8-10/h1-5,9-10,20H,6-8,17H2/t10-/m0/s1. The molecule has 9 heteroatoms. The van der Waals surface area contributed by atoms with Gasteiger partial charge in [-0.25, -0.2) is 13.4 Å². The minimum atomic E-state index is -3.82. The number of rotatable bonds is 4. The van der Waals surface area contributed by atoms with Crippen molar-refractivity contribution in [3.05, 3.63) is 36.7 Å². The topological polar surface area (TPSA) is 120 Å².